The van der Waals surface area contributed by atoms with Gasteiger partial charge in [0.1, 0.15) is 10.4 Å². The fourth-order valence-corrected chi connectivity index (χ4v) is 4.52. The van der Waals surface area contributed by atoms with Crippen LogP contribution in [-0.2, 0) is 0 Å². The van der Waals surface area contributed by atoms with Gasteiger partial charge >= 0.3 is 0 Å². The maximum absolute atomic E-state index is 12.5. The van der Waals surface area contributed by atoms with Crippen molar-refractivity contribution in [1.82, 2.24) is 4.98 Å². The molecule has 0 amide bonds. The van der Waals surface area contributed by atoms with Crippen LogP contribution in [-0.4, -0.2) is 32.2 Å². The zero-order chi connectivity index (χ0) is 19.8. The molecule has 0 saturated heterocycles. The fraction of sp³-hybridized carbons (Fsp3) is 0.227. The zero-order valence-electron chi connectivity index (χ0n) is 16.2. The van der Waals surface area contributed by atoms with Crippen LogP contribution >= 0.6 is 11.3 Å². The molecule has 0 unspecified atom stereocenters. The number of likely N-dealkylation sites (N-methyl/N-ethyl adjacent to an activating group) is 1. The predicted molar refractivity (Wildman–Crippen MR) is 119 cm³/mol. The Labute approximate surface area is 167 Å². The van der Waals surface area contributed by atoms with Crippen LogP contribution in [0.15, 0.2) is 46.6 Å². The summed E-state index contributed by atoms with van der Waals surface area (Å²) < 4.78 is 6.48. The largest absolute Gasteiger partial charge is 0.496 e. The smallest absolute Gasteiger partial charge is 0.266 e. The van der Waals surface area contributed by atoms with Gasteiger partial charge in [0.05, 0.1) is 12.6 Å². The second-order valence-corrected chi connectivity index (χ2v) is 7.81. The molecule has 4 rings (SSSR count). The number of aromatic amines is 1. The standard InChI is InChI=1S/C22H23N3O2S/c1-13-12-17(27-3)18(14-4-6-15(7-5-14)25(2)10-9-23)19-16-8-11-28-21(16)22(26)24-20(13)19/h4-8,11-12H,9-10,23H2,1-3H3,(H,24,26). The Kier molecular flexibility index (Phi) is 4.83. The number of aryl methyl sites for hydroxylation is 1. The molecule has 2 aromatic carbocycles. The number of methoxy groups -OCH3 is 1. The average molecular weight is 394 g/mol. The van der Waals surface area contributed by atoms with Gasteiger partial charge in [-0.15, -0.1) is 11.3 Å². The van der Waals surface area contributed by atoms with Crippen LogP contribution in [0.5, 0.6) is 5.75 Å². The molecule has 0 aliphatic carbocycles. The number of nitrogens with zero attached hydrogens (tertiary/aromatic N) is 1. The molecule has 5 nitrogen and oxygen atoms in total. The van der Waals surface area contributed by atoms with E-state index >= 15 is 0 Å². The number of aromatic nitrogens is 1. The Morgan fingerprint density at radius 3 is 2.64 bits per heavy atom. The molecular formula is C22H23N3O2S. The van der Waals surface area contributed by atoms with Crippen molar-refractivity contribution in [1.29, 1.82) is 0 Å². The Balaban J connectivity index is 2.02. The van der Waals surface area contributed by atoms with Crippen molar-refractivity contribution in [2.24, 2.45) is 5.73 Å². The minimum absolute atomic E-state index is 0.0459. The zero-order valence-corrected chi connectivity index (χ0v) is 17.0. The quantitative estimate of drug-likeness (QED) is 0.535. The highest BCUT2D eigenvalue weighted by Crippen LogP contribution is 2.42. The molecule has 0 radical (unpaired) electrons. The van der Waals surface area contributed by atoms with Gasteiger partial charge in [-0.05, 0) is 47.7 Å². The first-order valence-electron chi connectivity index (χ1n) is 9.17. The maximum Gasteiger partial charge on any atom is 0.266 e. The molecule has 144 valence electrons. The van der Waals surface area contributed by atoms with Crippen LogP contribution in [0.4, 0.5) is 5.69 Å². The number of rotatable bonds is 5. The van der Waals surface area contributed by atoms with Crippen molar-refractivity contribution >= 4 is 38.0 Å². The Bertz CT molecular complexity index is 1210. The van der Waals surface area contributed by atoms with Gasteiger partial charge in [0.2, 0.25) is 0 Å². The molecule has 2 aromatic heterocycles. The van der Waals surface area contributed by atoms with Crippen LogP contribution < -0.4 is 20.9 Å². The SMILES string of the molecule is COc1cc(C)c2[nH]c(=O)c3sccc3c2c1-c1ccc(N(C)CCN)cc1. The first-order chi connectivity index (χ1) is 13.5. The molecule has 0 atom stereocenters. The van der Waals surface area contributed by atoms with Crippen molar-refractivity contribution in [3.8, 4) is 16.9 Å². The third kappa shape index (κ3) is 2.95. The van der Waals surface area contributed by atoms with E-state index in [-0.39, 0.29) is 5.56 Å². The molecule has 0 fully saturated rings. The van der Waals surface area contributed by atoms with E-state index in [9.17, 15) is 4.79 Å². The number of hydrogen-bond donors (Lipinski definition) is 2. The van der Waals surface area contributed by atoms with E-state index in [1.807, 2.05) is 31.5 Å². The number of H-pyrrole nitrogens is 1. The Morgan fingerprint density at radius 2 is 1.96 bits per heavy atom. The summed E-state index contributed by atoms with van der Waals surface area (Å²) in [5.41, 5.74) is 10.6. The number of ether oxygens (including phenoxy) is 1. The second kappa shape index (κ2) is 7.30. The van der Waals surface area contributed by atoms with Crippen molar-refractivity contribution in [2.75, 3.05) is 32.1 Å². The lowest BCUT2D eigenvalue weighted by Crippen LogP contribution is -2.24. The minimum Gasteiger partial charge on any atom is -0.496 e. The summed E-state index contributed by atoms with van der Waals surface area (Å²) in [5.74, 6) is 0.799. The number of anilines is 1. The predicted octanol–water partition coefficient (Wildman–Crippen LogP) is 4.12. The molecule has 28 heavy (non-hydrogen) atoms. The van der Waals surface area contributed by atoms with Gasteiger partial charge in [-0.1, -0.05) is 12.1 Å². The number of nitrogens with two attached hydrogens (primary N) is 1. The molecule has 6 heteroatoms. The lowest BCUT2D eigenvalue weighted by molar-refractivity contribution is 0.416. The summed E-state index contributed by atoms with van der Waals surface area (Å²) in [6, 6.07) is 12.4. The first-order valence-corrected chi connectivity index (χ1v) is 10.1. The molecule has 0 aliphatic heterocycles. The monoisotopic (exact) mass is 393 g/mol. The van der Waals surface area contributed by atoms with Crippen LogP contribution in [0.2, 0.25) is 0 Å². The number of hydrogen-bond acceptors (Lipinski definition) is 5. The highest BCUT2D eigenvalue weighted by atomic mass is 32.1. The molecule has 4 aromatic rings. The van der Waals surface area contributed by atoms with E-state index in [1.54, 1.807) is 7.11 Å². The summed E-state index contributed by atoms with van der Waals surface area (Å²) in [5, 5.41) is 3.95. The van der Waals surface area contributed by atoms with Gasteiger partial charge in [0, 0.05) is 42.2 Å². The van der Waals surface area contributed by atoms with E-state index < -0.39 is 0 Å². The van der Waals surface area contributed by atoms with E-state index in [4.69, 9.17) is 10.5 Å². The summed E-state index contributed by atoms with van der Waals surface area (Å²) in [4.78, 5) is 17.7. The van der Waals surface area contributed by atoms with Gasteiger partial charge in [-0.25, -0.2) is 0 Å². The lowest BCUT2D eigenvalue weighted by Gasteiger charge is -2.19. The van der Waals surface area contributed by atoms with Crippen LogP contribution in [0.25, 0.3) is 32.1 Å². The Morgan fingerprint density at radius 1 is 1.21 bits per heavy atom. The first kappa shape index (κ1) is 18.5. The van der Waals surface area contributed by atoms with Gasteiger partial charge in [0.25, 0.3) is 5.56 Å². The highest BCUT2D eigenvalue weighted by Gasteiger charge is 2.18. The van der Waals surface area contributed by atoms with E-state index in [0.717, 1.165) is 55.7 Å². The molecule has 0 bridgehead atoms. The van der Waals surface area contributed by atoms with Gasteiger partial charge in [0.15, 0.2) is 0 Å². The van der Waals surface area contributed by atoms with E-state index in [1.165, 1.54) is 11.3 Å². The molecule has 2 heterocycles. The summed E-state index contributed by atoms with van der Waals surface area (Å²) in [6.07, 6.45) is 0. The number of thiophene rings is 1. The van der Waals surface area contributed by atoms with Crippen LogP contribution in [0.3, 0.4) is 0 Å². The van der Waals surface area contributed by atoms with Gasteiger partial charge in [-0.3, -0.25) is 4.79 Å². The Hall–Kier alpha value is -2.83. The van der Waals surface area contributed by atoms with Crippen molar-refractivity contribution in [3.05, 3.63) is 57.7 Å². The second-order valence-electron chi connectivity index (χ2n) is 6.90. The summed E-state index contributed by atoms with van der Waals surface area (Å²) in [7, 11) is 3.72. The van der Waals surface area contributed by atoms with Gasteiger partial charge in [-0.2, -0.15) is 0 Å². The topological polar surface area (TPSA) is 71.4 Å². The average Bonchev–Trinajstić information content (AvgIpc) is 3.19. The fourth-order valence-electron chi connectivity index (χ4n) is 3.72. The normalized spacial score (nSPS) is 11.3. The summed E-state index contributed by atoms with van der Waals surface area (Å²) in [6.45, 7) is 3.40. The third-order valence-corrected chi connectivity index (χ3v) is 6.06. The van der Waals surface area contributed by atoms with E-state index in [0.29, 0.717) is 6.54 Å². The number of nitrogens with one attached hydrogen (secondary N) is 1. The van der Waals surface area contributed by atoms with E-state index in [2.05, 4.69) is 34.1 Å². The molecular weight excluding hydrogens is 370 g/mol. The van der Waals surface area contributed by atoms with Crippen LogP contribution in [0.1, 0.15) is 5.56 Å². The highest BCUT2D eigenvalue weighted by molar-refractivity contribution is 7.17. The molecule has 3 N–H and O–H groups in total. The molecule has 0 spiro atoms. The van der Waals surface area contributed by atoms with Gasteiger partial charge < -0.3 is 20.4 Å². The number of fused-ring (bicyclic) bond motifs is 3. The van der Waals surface area contributed by atoms with Crippen molar-refractivity contribution in [2.45, 2.75) is 6.92 Å². The van der Waals surface area contributed by atoms with Crippen molar-refractivity contribution in [3.63, 3.8) is 0 Å². The summed E-state index contributed by atoms with van der Waals surface area (Å²) >= 11 is 1.46. The number of benzene rings is 2. The third-order valence-electron chi connectivity index (χ3n) is 5.15. The minimum atomic E-state index is -0.0459. The molecule has 0 saturated carbocycles. The lowest BCUT2D eigenvalue weighted by atomic mass is 9.95. The number of pyridine rings is 1. The van der Waals surface area contributed by atoms with Crippen molar-refractivity contribution < 1.29 is 4.74 Å². The molecule has 0 aliphatic rings. The van der Waals surface area contributed by atoms with Crippen LogP contribution in [0, 0.1) is 6.92 Å². The maximum atomic E-state index is 12.5.